The second-order valence-corrected chi connectivity index (χ2v) is 6.14. The molecule has 4 heteroatoms. The van der Waals surface area contributed by atoms with E-state index in [1.54, 1.807) is 0 Å². The van der Waals surface area contributed by atoms with Gasteiger partial charge in [0.2, 0.25) is 5.91 Å². The van der Waals surface area contributed by atoms with Crippen LogP contribution in [0.15, 0.2) is 24.3 Å². The molecule has 20 heavy (non-hydrogen) atoms. The molecule has 3 nitrogen and oxygen atoms in total. The third-order valence-corrected chi connectivity index (χ3v) is 4.42. The predicted molar refractivity (Wildman–Crippen MR) is 82.8 cm³/mol. The van der Waals surface area contributed by atoms with Crippen molar-refractivity contribution in [3.05, 3.63) is 34.9 Å². The van der Waals surface area contributed by atoms with Crippen molar-refractivity contribution in [2.24, 2.45) is 5.41 Å². The van der Waals surface area contributed by atoms with Crippen molar-refractivity contribution < 1.29 is 4.79 Å². The largest absolute Gasteiger partial charge is 0.349 e. The van der Waals surface area contributed by atoms with Gasteiger partial charge >= 0.3 is 0 Å². The number of benzene rings is 1. The molecule has 1 unspecified atom stereocenters. The van der Waals surface area contributed by atoms with Crippen LogP contribution in [0.5, 0.6) is 0 Å². The summed E-state index contributed by atoms with van der Waals surface area (Å²) in [5, 5.41) is 7.20. The van der Waals surface area contributed by atoms with Crippen LogP contribution in [-0.4, -0.2) is 19.0 Å². The first kappa shape index (κ1) is 15.3. The highest BCUT2D eigenvalue weighted by Gasteiger charge is 2.40. The maximum atomic E-state index is 12.6. The van der Waals surface area contributed by atoms with E-state index in [4.69, 9.17) is 11.6 Å². The third kappa shape index (κ3) is 3.33. The minimum atomic E-state index is -0.227. The summed E-state index contributed by atoms with van der Waals surface area (Å²) in [5.74, 6) is 0.173. The Labute approximate surface area is 126 Å². The fraction of sp³-hybridized carbons (Fsp3) is 0.562. The van der Waals surface area contributed by atoms with Gasteiger partial charge in [-0.15, -0.1) is 0 Å². The maximum Gasteiger partial charge on any atom is 0.228 e. The molecular weight excluding hydrogens is 272 g/mol. The summed E-state index contributed by atoms with van der Waals surface area (Å²) in [6.07, 6.45) is 2.91. The number of halogens is 1. The van der Waals surface area contributed by atoms with Gasteiger partial charge < -0.3 is 10.6 Å². The van der Waals surface area contributed by atoms with Crippen LogP contribution in [0.4, 0.5) is 0 Å². The van der Waals surface area contributed by atoms with Crippen molar-refractivity contribution in [1.82, 2.24) is 10.6 Å². The number of amides is 1. The molecule has 2 atom stereocenters. The summed E-state index contributed by atoms with van der Waals surface area (Å²) in [6.45, 7) is 5.88. The van der Waals surface area contributed by atoms with Crippen LogP contribution in [0.2, 0.25) is 5.02 Å². The highest BCUT2D eigenvalue weighted by molar-refractivity contribution is 6.30. The van der Waals surface area contributed by atoms with Gasteiger partial charge in [0.1, 0.15) is 0 Å². The molecule has 1 heterocycles. The molecule has 2 rings (SSSR count). The van der Waals surface area contributed by atoms with E-state index in [2.05, 4.69) is 17.6 Å². The molecule has 110 valence electrons. The summed E-state index contributed by atoms with van der Waals surface area (Å²) in [5.41, 5.74) is 0.857. The average Bonchev–Trinajstić information content (AvgIpc) is 2.89. The van der Waals surface area contributed by atoms with E-state index < -0.39 is 0 Å². The van der Waals surface area contributed by atoms with Crippen molar-refractivity contribution in [1.29, 1.82) is 0 Å². The highest BCUT2D eigenvalue weighted by atomic mass is 35.5. The lowest BCUT2D eigenvalue weighted by atomic mass is 9.81. The van der Waals surface area contributed by atoms with Gasteiger partial charge in [-0.2, -0.15) is 0 Å². The summed E-state index contributed by atoms with van der Waals surface area (Å²) in [7, 11) is 0. The molecule has 0 bridgehead atoms. The van der Waals surface area contributed by atoms with Crippen LogP contribution in [-0.2, 0) is 4.79 Å². The molecule has 1 fully saturated rings. The fourth-order valence-electron chi connectivity index (χ4n) is 2.93. The van der Waals surface area contributed by atoms with E-state index in [0.29, 0.717) is 0 Å². The Morgan fingerprint density at radius 3 is 2.70 bits per heavy atom. The normalized spacial score (nSPS) is 23.6. The SMILES string of the molecule is CCCC1(C(=O)N[C@H](C)c2ccc(Cl)cc2)CCNC1. The quantitative estimate of drug-likeness (QED) is 0.875. The Morgan fingerprint density at radius 1 is 1.45 bits per heavy atom. The van der Waals surface area contributed by atoms with Crippen LogP contribution in [0.1, 0.15) is 44.7 Å². The molecule has 0 saturated carbocycles. The second-order valence-electron chi connectivity index (χ2n) is 5.70. The average molecular weight is 295 g/mol. The molecule has 1 saturated heterocycles. The van der Waals surface area contributed by atoms with Crippen LogP contribution in [0.3, 0.4) is 0 Å². The number of nitrogens with one attached hydrogen (secondary N) is 2. The van der Waals surface area contributed by atoms with Gasteiger partial charge in [-0.25, -0.2) is 0 Å². The number of hydrogen-bond acceptors (Lipinski definition) is 2. The molecule has 1 aromatic carbocycles. The molecule has 1 aliphatic rings. The number of carbonyl (C=O) groups excluding carboxylic acids is 1. The van der Waals surface area contributed by atoms with E-state index in [-0.39, 0.29) is 17.4 Å². The summed E-state index contributed by atoms with van der Waals surface area (Å²) in [6, 6.07) is 7.66. The Kier molecular flexibility index (Phi) is 5.06. The zero-order chi connectivity index (χ0) is 14.6. The molecule has 1 amide bonds. The Morgan fingerprint density at radius 2 is 2.15 bits per heavy atom. The van der Waals surface area contributed by atoms with Crippen molar-refractivity contribution in [3.63, 3.8) is 0 Å². The molecule has 0 radical (unpaired) electrons. The number of hydrogen-bond donors (Lipinski definition) is 2. The van der Waals surface area contributed by atoms with Crippen LogP contribution in [0.25, 0.3) is 0 Å². The molecule has 2 N–H and O–H groups in total. The van der Waals surface area contributed by atoms with Crippen molar-refractivity contribution in [2.45, 2.75) is 39.2 Å². The summed E-state index contributed by atoms with van der Waals surface area (Å²) < 4.78 is 0. The zero-order valence-corrected chi connectivity index (χ0v) is 13.0. The molecule has 0 aliphatic carbocycles. The van der Waals surface area contributed by atoms with Gasteiger partial charge in [0, 0.05) is 11.6 Å². The minimum Gasteiger partial charge on any atom is -0.349 e. The van der Waals surface area contributed by atoms with Crippen LogP contribution in [0, 0.1) is 5.41 Å². The molecule has 1 aliphatic heterocycles. The highest BCUT2D eigenvalue weighted by Crippen LogP contribution is 2.32. The standard InChI is InChI=1S/C16H23ClN2O/c1-3-8-16(9-10-18-11-16)15(20)19-12(2)13-4-6-14(17)7-5-13/h4-7,12,18H,3,8-11H2,1-2H3,(H,19,20)/t12-,16?/m1/s1. The van der Waals surface area contributed by atoms with Crippen LogP contribution >= 0.6 is 11.6 Å². The van der Waals surface area contributed by atoms with E-state index in [1.807, 2.05) is 31.2 Å². The van der Waals surface area contributed by atoms with Gasteiger partial charge in [0.25, 0.3) is 0 Å². The maximum absolute atomic E-state index is 12.6. The second kappa shape index (κ2) is 6.59. The third-order valence-electron chi connectivity index (χ3n) is 4.17. The lowest BCUT2D eigenvalue weighted by molar-refractivity contribution is -0.131. The van der Waals surface area contributed by atoms with Crippen molar-refractivity contribution >= 4 is 17.5 Å². The van der Waals surface area contributed by atoms with Gasteiger partial charge in [0.15, 0.2) is 0 Å². The minimum absolute atomic E-state index is 0.00842. The summed E-state index contributed by atoms with van der Waals surface area (Å²) >= 11 is 5.89. The lowest BCUT2D eigenvalue weighted by Crippen LogP contribution is -2.43. The van der Waals surface area contributed by atoms with Crippen molar-refractivity contribution in [3.8, 4) is 0 Å². The smallest absolute Gasteiger partial charge is 0.228 e. The summed E-state index contributed by atoms with van der Waals surface area (Å²) in [4.78, 5) is 12.6. The number of carbonyl (C=O) groups is 1. The topological polar surface area (TPSA) is 41.1 Å². The first-order valence-corrected chi connectivity index (χ1v) is 7.72. The number of rotatable bonds is 5. The first-order valence-electron chi connectivity index (χ1n) is 7.34. The molecular formula is C16H23ClN2O. The van der Waals surface area contributed by atoms with Gasteiger partial charge in [-0.1, -0.05) is 37.1 Å². The Hall–Kier alpha value is -1.06. The lowest BCUT2D eigenvalue weighted by Gasteiger charge is -2.28. The van der Waals surface area contributed by atoms with E-state index in [9.17, 15) is 4.79 Å². The molecule has 1 aromatic rings. The zero-order valence-electron chi connectivity index (χ0n) is 12.2. The monoisotopic (exact) mass is 294 g/mol. The van der Waals surface area contributed by atoms with E-state index >= 15 is 0 Å². The Balaban J connectivity index is 2.04. The van der Waals surface area contributed by atoms with Gasteiger partial charge in [-0.3, -0.25) is 4.79 Å². The van der Waals surface area contributed by atoms with Gasteiger partial charge in [0.05, 0.1) is 11.5 Å². The molecule has 0 spiro atoms. The van der Waals surface area contributed by atoms with Crippen LogP contribution < -0.4 is 10.6 Å². The Bertz CT molecular complexity index is 452. The molecule has 0 aromatic heterocycles. The van der Waals surface area contributed by atoms with Crippen molar-refractivity contribution in [2.75, 3.05) is 13.1 Å². The first-order chi connectivity index (χ1) is 9.57. The fourth-order valence-corrected chi connectivity index (χ4v) is 3.05. The predicted octanol–water partition coefficient (Wildman–Crippen LogP) is 3.30. The van der Waals surface area contributed by atoms with E-state index in [1.165, 1.54) is 0 Å². The van der Waals surface area contributed by atoms with E-state index in [0.717, 1.165) is 42.9 Å². The van der Waals surface area contributed by atoms with Gasteiger partial charge in [-0.05, 0) is 44.0 Å².